The fraction of sp³-hybridized carbons (Fsp3) is 0.833. The van der Waals surface area contributed by atoms with Gasteiger partial charge in [-0.3, -0.25) is 9.80 Å². The third kappa shape index (κ3) is 1.89. The molecule has 5 heteroatoms. The van der Waals surface area contributed by atoms with Gasteiger partial charge in [0.2, 0.25) is 5.91 Å². The molecule has 11 heavy (non-hydrogen) atoms. The summed E-state index contributed by atoms with van der Waals surface area (Å²) in [6.45, 7) is 3.87. The number of hydrogen-bond donors (Lipinski definition) is 0. The molecule has 1 aliphatic rings. The van der Waals surface area contributed by atoms with Crippen LogP contribution in [0.5, 0.6) is 0 Å². The van der Waals surface area contributed by atoms with Crippen molar-refractivity contribution in [1.29, 1.82) is 0 Å². The average molecular weight is 157 g/mol. The fourth-order valence-corrected chi connectivity index (χ4v) is 1.09. The molecule has 1 amide bonds. The first kappa shape index (κ1) is 7.97. The molecule has 1 rings (SSSR count). The molecule has 0 aromatic heterocycles. The van der Waals surface area contributed by atoms with E-state index in [1.165, 1.54) is 11.9 Å². The van der Waals surface area contributed by atoms with E-state index in [1.807, 2.05) is 0 Å². The van der Waals surface area contributed by atoms with Crippen LogP contribution < -0.4 is 0 Å². The van der Waals surface area contributed by atoms with Crippen LogP contribution in [0.25, 0.3) is 0 Å². The van der Waals surface area contributed by atoms with Gasteiger partial charge in [0.05, 0.1) is 18.4 Å². The Morgan fingerprint density at radius 1 is 1.27 bits per heavy atom. The molecule has 0 unspecified atom stereocenters. The Morgan fingerprint density at radius 2 is 1.82 bits per heavy atom. The maximum absolute atomic E-state index is 10.8. The Labute approximate surface area is 64.9 Å². The SMILES string of the molecule is CC(=O)N1CCN(N=O)CC1. The predicted octanol–water partition coefficient (Wildman–Crippen LogP) is -0.168. The molecule has 0 N–H and O–H groups in total. The summed E-state index contributed by atoms with van der Waals surface area (Å²) < 4.78 is 0. The third-order valence-corrected chi connectivity index (χ3v) is 1.82. The second kappa shape index (κ2) is 3.32. The average Bonchev–Trinajstić information content (AvgIpc) is 2.05. The minimum absolute atomic E-state index is 0.0653. The first-order valence-corrected chi connectivity index (χ1v) is 3.58. The molecule has 1 aliphatic heterocycles. The standard InChI is InChI=1S/C6H11N3O2/c1-6(10)8-2-4-9(7-11)5-3-8/h2-5H2,1H3. The van der Waals surface area contributed by atoms with E-state index in [2.05, 4.69) is 5.29 Å². The van der Waals surface area contributed by atoms with E-state index in [1.54, 1.807) is 4.90 Å². The molecular weight excluding hydrogens is 146 g/mol. The van der Waals surface area contributed by atoms with E-state index in [0.717, 1.165) is 0 Å². The summed E-state index contributed by atoms with van der Waals surface area (Å²) >= 11 is 0. The van der Waals surface area contributed by atoms with Crippen LogP contribution in [0.15, 0.2) is 5.29 Å². The summed E-state index contributed by atoms with van der Waals surface area (Å²) in [4.78, 5) is 22.5. The second-order valence-electron chi connectivity index (χ2n) is 2.54. The normalized spacial score (nSPS) is 18.3. The van der Waals surface area contributed by atoms with Gasteiger partial charge in [0.15, 0.2) is 0 Å². The highest BCUT2D eigenvalue weighted by atomic mass is 16.3. The lowest BCUT2D eigenvalue weighted by molar-refractivity contribution is -0.130. The van der Waals surface area contributed by atoms with Crippen LogP contribution in [0.2, 0.25) is 0 Å². The van der Waals surface area contributed by atoms with Crippen LogP contribution in [0.4, 0.5) is 0 Å². The van der Waals surface area contributed by atoms with E-state index in [-0.39, 0.29) is 5.91 Å². The summed E-state index contributed by atoms with van der Waals surface area (Å²) in [5, 5.41) is 4.22. The quantitative estimate of drug-likeness (QED) is 0.496. The zero-order valence-corrected chi connectivity index (χ0v) is 6.49. The molecule has 0 spiro atoms. The number of rotatable bonds is 1. The molecule has 0 saturated carbocycles. The van der Waals surface area contributed by atoms with E-state index in [0.29, 0.717) is 26.2 Å². The lowest BCUT2D eigenvalue weighted by Gasteiger charge is -2.30. The van der Waals surface area contributed by atoms with Gasteiger partial charge < -0.3 is 4.90 Å². The summed E-state index contributed by atoms with van der Waals surface area (Å²) in [6.07, 6.45) is 0. The molecule has 1 fully saturated rings. The van der Waals surface area contributed by atoms with Crippen molar-refractivity contribution in [3.05, 3.63) is 4.91 Å². The minimum atomic E-state index is 0.0653. The van der Waals surface area contributed by atoms with Gasteiger partial charge in [-0.2, -0.15) is 0 Å². The van der Waals surface area contributed by atoms with E-state index in [4.69, 9.17) is 0 Å². The zero-order valence-electron chi connectivity index (χ0n) is 6.49. The maximum atomic E-state index is 10.8. The Hall–Kier alpha value is -1.13. The predicted molar refractivity (Wildman–Crippen MR) is 39.6 cm³/mol. The highest BCUT2D eigenvalue weighted by molar-refractivity contribution is 5.73. The number of carbonyl (C=O) groups is 1. The molecule has 0 aromatic rings. The van der Waals surface area contributed by atoms with Crippen molar-refractivity contribution in [2.75, 3.05) is 26.2 Å². The zero-order chi connectivity index (χ0) is 8.27. The molecule has 1 heterocycles. The number of piperazine rings is 1. The topological polar surface area (TPSA) is 53.0 Å². The summed E-state index contributed by atoms with van der Waals surface area (Å²) in [6, 6.07) is 0. The van der Waals surface area contributed by atoms with Crippen molar-refractivity contribution in [2.45, 2.75) is 6.92 Å². The number of hydrogen-bond acceptors (Lipinski definition) is 3. The summed E-state index contributed by atoms with van der Waals surface area (Å²) in [7, 11) is 0. The number of carbonyl (C=O) groups excluding carboxylic acids is 1. The van der Waals surface area contributed by atoms with Crippen LogP contribution in [-0.4, -0.2) is 42.0 Å². The molecule has 0 aromatic carbocycles. The van der Waals surface area contributed by atoms with E-state index in [9.17, 15) is 9.70 Å². The van der Waals surface area contributed by atoms with Crippen LogP contribution in [0.3, 0.4) is 0 Å². The monoisotopic (exact) mass is 157 g/mol. The van der Waals surface area contributed by atoms with Crippen LogP contribution in [0.1, 0.15) is 6.92 Å². The van der Waals surface area contributed by atoms with Crippen molar-refractivity contribution in [3.8, 4) is 0 Å². The highest BCUT2D eigenvalue weighted by Crippen LogP contribution is 2.00. The summed E-state index contributed by atoms with van der Waals surface area (Å²) in [5.41, 5.74) is 0. The lowest BCUT2D eigenvalue weighted by atomic mass is 10.3. The largest absolute Gasteiger partial charge is 0.339 e. The molecular formula is C6H11N3O2. The van der Waals surface area contributed by atoms with Gasteiger partial charge in [-0.15, -0.1) is 4.91 Å². The van der Waals surface area contributed by atoms with Crippen molar-refractivity contribution >= 4 is 5.91 Å². The molecule has 5 nitrogen and oxygen atoms in total. The van der Waals surface area contributed by atoms with Crippen molar-refractivity contribution in [3.63, 3.8) is 0 Å². The summed E-state index contributed by atoms with van der Waals surface area (Å²) in [5.74, 6) is 0.0653. The Kier molecular flexibility index (Phi) is 2.40. The molecule has 1 saturated heterocycles. The number of nitrogens with zero attached hydrogens (tertiary/aromatic N) is 3. The van der Waals surface area contributed by atoms with Gasteiger partial charge in [-0.25, -0.2) is 0 Å². The van der Waals surface area contributed by atoms with Gasteiger partial charge in [-0.1, -0.05) is 0 Å². The first-order valence-electron chi connectivity index (χ1n) is 3.58. The van der Waals surface area contributed by atoms with E-state index < -0.39 is 0 Å². The molecule has 62 valence electrons. The lowest BCUT2D eigenvalue weighted by Crippen LogP contribution is -2.45. The Morgan fingerprint density at radius 3 is 2.18 bits per heavy atom. The number of nitroso groups, excluding NO2 is 1. The van der Waals surface area contributed by atoms with Crippen LogP contribution in [-0.2, 0) is 4.79 Å². The van der Waals surface area contributed by atoms with Gasteiger partial charge in [0.25, 0.3) is 0 Å². The van der Waals surface area contributed by atoms with Gasteiger partial charge in [0.1, 0.15) is 0 Å². The fourth-order valence-electron chi connectivity index (χ4n) is 1.09. The molecule has 0 atom stereocenters. The van der Waals surface area contributed by atoms with E-state index >= 15 is 0 Å². The second-order valence-corrected chi connectivity index (χ2v) is 2.54. The van der Waals surface area contributed by atoms with Crippen molar-refractivity contribution < 1.29 is 4.79 Å². The smallest absolute Gasteiger partial charge is 0.219 e. The molecule has 0 aliphatic carbocycles. The Balaban J connectivity index is 2.35. The van der Waals surface area contributed by atoms with Gasteiger partial charge in [0, 0.05) is 20.0 Å². The maximum Gasteiger partial charge on any atom is 0.219 e. The molecule has 0 bridgehead atoms. The van der Waals surface area contributed by atoms with Gasteiger partial charge in [-0.05, 0) is 0 Å². The van der Waals surface area contributed by atoms with Gasteiger partial charge >= 0.3 is 0 Å². The first-order chi connectivity index (χ1) is 5.24. The number of amides is 1. The highest BCUT2D eigenvalue weighted by Gasteiger charge is 2.17. The van der Waals surface area contributed by atoms with Crippen molar-refractivity contribution in [1.82, 2.24) is 9.91 Å². The Bertz CT molecular complexity index is 163. The van der Waals surface area contributed by atoms with Crippen LogP contribution >= 0.6 is 0 Å². The van der Waals surface area contributed by atoms with Crippen molar-refractivity contribution in [2.24, 2.45) is 5.29 Å². The minimum Gasteiger partial charge on any atom is -0.339 e. The third-order valence-electron chi connectivity index (χ3n) is 1.82. The van der Waals surface area contributed by atoms with Crippen LogP contribution in [0, 0.1) is 4.91 Å². The molecule has 0 radical (unpaired) electrons.